The van der Waals surface area contributed by atoms with Crippen molar-refractivity contribution in [2.75, 3.05) is 12.8 Å². The first-order valence-corrected chi connectivity index (χ1v) is 9.35. The molecular formula is C22H23F5N4O. The highest BCUT2D eigenvalue weighted by Gasteiger charge is 2.31. The van der Waals surface area contributed by atoms with Crippen LogP contribution in [0.25, 0.3) is 0 Å². The molecule has 0 fully saturated rings. The minimum absolute atomic E-state index is 0.0419. The lowest BCUT2D eigenvalue weighted by Crippen LogP contribution is -2.28. The Morgan fingerprint density at radius 1 is 1.12 bits per heavy atom. The van der Waals surface area contributed by atoms with Gasteiger partial charge in [-0.25, -0.2) is 8.78 Å². The second kappa shape index (κ2) is 10.2. The van der Waals surface area contributed by atoms with E-state index in [0.29, 0.717) is 5.69 Å². The summed E-state index contributed by atoms with van der Waals surface area (Å²) in [6.07, 6.45) is -7.69. The summed E-state index contributed by atoms with van der Waals surface area (Å²) < 4.78 is 71.3. The Balaban J connectivity index is 2.36. The molecule has 32 heavy (non-hydrogen) atoms. The van der Waals surface area contributed by atoms with E-state index in [1.807, 2.05) is 0 Å². The van der Waals surface area contributed by atoms with Gasteiger partial charge in [-0.2, -0.15) is 13.2 Å². The van der Waals surface area contributed by atoms with E-state index in [0.717, 1.165) is 23.8 Å². The average molecular weight is 454 g/mol. The number of benzene rings is 2. The Labute approximate surface area is 182 Å². The number of nitrogen functional groups attached to an aromatic ring is 1. The number of nitrogens with one attached hydrogen (secondary N) is 1. The molecule has 1 atom stereocenters. The lowest BCUT2D eigenvalue weighted by Gasteiger charge is -2.22. The maximum absolute atomic E-state index is 13.5. The van der Waals surface area contributed by atoms with Gasteiger partial charge in [-0.3, -0.25) is 4.99 Å². The molecule has 2 aromatic rings. The fourth-order valence-electron chi connectivity index (χ4n) is 2.79. The molecule has 0 heterocycles. The van der Waals surface area contributed by atoms with Crippen LogP contribution in [0.5, 0.6) is 5.75 Å². The number of nitrogens with two attached hydrogens (primary N) is 2. The van der Waals surface area contributed by atoms with E-state index in [1.54, 1.807) is 31.2 Å². The highest BCUT2D eigenvalue weighted by molar-refractivity contribution is 5.99. The Morgan fingerprint density at radius 2 is 1.75 bits per heavy atom. The third kappa shape index (κ3) is 6.22. The standard InChI is InChI=1S/C22H23F5N4O/c1-12(14-7-9-16(28)10-8-14)31-13(2)18(19(29)20(23)24)21(30-3)32-17-6-4-5-15(11-17)22(25,26)27/h4-12,20,31H,2,28-29H2,1,3H3. The second-order valence-electron chi connectivity index (χ2n) is 6.80. The van der Waals surface area contributed by atoms with Gasteiger partial charge in [-0.15, -0.1) is 0 Å². The van der Waals surface area contributed by atoms with Crippen molar-refractivity contribution < 1.29 is 26.7 Å². The van der Waals surface area contributed by atoms with E-state index in [-0.39, 0.29) is 17.0 Å². The van der Waals surface area contributed by atoms with Crippen LogP contribution in [-0.2, 0) is 6.18 Å². The molecule has 10 heteroatoms. The zero-order chi connectivity index (χ0) is 24.1. The molecule has 0 spiro atoms. The van der Waals surface area contributed by atoms with Gasteiger partial charge in [0.1, 0.15) is 5.75 Å². The van der Waals surface area contributed by atoms with Crippen molar-refractivity contribution >= 4 is 11.6 Å². The molecule has 5 nitrogen and oxygen atoms in total. The fourth-order valence-corrected chi connectivity index (χ4v) is 2.79. The summed E-state index contributed by atoms with van der Waals surface area (Å²) >= 11 is 0. The predicted octanol–water partition coefficient (Wildman–Crippen LogP) is 5.04. The number of hydrogen-bond donors (Lipinski definition) is 3. The van der Waals surface area contributed by atoms with Crippen LogP contribution < -0.4 is 21.5 Å². The molecule has 0 saturated heterocycles. The zero-order valence-corrected chi connectivity index (χ0v) is 17.4. The number of ether oxygens (including phenoxy) is 1. The molecule has 5 N–H and O–H groups in total. The molecule has 0 aromatic heterocycles. The molecule has 0 bridgehead atoms. The number of anilines is 1. The first kappa shape index (κ1) is 24.7. The van der Waals surface area contributed by atoms with E-state index in [2.05, 4.69) is 16.9 Å². The SMILES string of the molecule is C=C(NC(C)c1ccc(N)cc1)C(C(=NC)Oc1cccc(C(F)(F)F)c1)=C(N)C(F)F. The summed E-state index contributed by atoms with van der Waals surface area (Å²) in [5.41, 5.74) is 10.4. The third-order valence-electron chi connectivity index (χ3n) is 4.45. The van der Waals surface area contributed by atoms with Crippen LogP contribution in [0.1, 0.15) is 24.1 Å². The van der Waals surface area contributed by atoms with Crippen molar-refractivity contribution in [2.24, 2.45) is 10.7 Å². The van der Waals surface area contributed by atoms with Crippen LogP contribution in [-0.4, -0.2) is 19.4 Å². The summed E-state index contributed by atoms with van der Waals surface area (Å²) in [6, 6.07) is 10.4. The Hall–Kier alpha value is -3.56. The number of rotatable bonds is 7. The molecule has 0 aliphatic heterocycles. The lowest BCUT2D eigenvalue weighted by atomic mass is 10.1. The van der Waals surface area contributed by atoms with Gasteiger partial charge in [-0.1, -0.05) is 24.8 Å². The maximum Gasteiger partial charge on any atom is 0.416 e. The summed E-state index contributed by atoms with van der Waals surface area (Å²) in [5.74, 6) is -0.663. The smallest absolute Gasteiger partial charge is 0.416 e. The monoisotopic (exact) mass is 454 g/mol. The predicted molar refractivity (Wildman–Crippen MR) is 114 cm³/mol. The van der Waals surface area contributed by atoms with Crippen molar-refractivity contribution in [2.45, 2.75) is 25.6 Å². The highest BCUT2D eigenvalue weighted by atomic mass is 19.4. The molecular weight excluding hydrogens is 431 g/mol. The Morgan fingerprint density at radius 3 is 2.28 bits per heavy atom. The third-order valence-corrected chi connectivity index (χ3v) is 4.45. The largest absolute Gasteiger partial charge is 0.439 e. The van der Waals surface area contributed by atoms with Crippen molar-refractivity contribution in [1.82, 2.24) is 5.32 Å². The quantitative estimate of drug-likeness (QED) is 0.180. The summed E-state index contributed by atoms with van der Waals surface area (Å²) in [4.78, 5) is 3.82. The van der Waals surface area contributed by atoms with Crippen LogP contribution in [0.4, 0.5) is 27.6 Å². The number of halogens is 5. The van der Waals surface area contributed by atoms with Gasteiger partial charge in [0.25, 0.3) is 6.43 Å². The normalized spacial score (nSPS) is 14.1. The van der Waals surface area contributed by atoms with Gasteiger partial charge in [-0.05, 0) is 42.8 Å². The molecule has 172 valence electrons. The van der Waals surface area contributed by atoms with Gasteiger partial charge in [0.15, 0.2) is 0 Å². The Kier molecular flexibility index (Phi) is 7.85. The van der Waals surface area contributed by atoms with Crippen LogP contribution in [0.2, 0.25) is 0 Å². The van der Waals surface area contributed by atoms with E-state index in [4.69, 9.17) is 16.2 Å². The van der Waals surface area contributed by atoms with Gasteiger partial charge in [0, 0.05) is 24.5 Å². The van der Waals surface area contributed by atoms with E-state index < -0.39 is 35.8 Å². The van der Waals surface area contributed by atoms with Crippen molar-refractivity contribution in [1.29, 1.82) is 0 Å². The highest BCUT2D eigenvalue weighted by Crippen LogP contribution is 2.32. The Bertz CT molecular complexity index is 1010. The molecule has 1 unspecified atom stereocenters. The molecule has 0 saturated carbocycles. The lowest BCUT2D eigenvalue weighted by molar-refractivity contribution is -0.137. The second-order valence-corrected chi connectivity index (χ2v) is 6.80. The average Bonchev–Trinajstić information content (AvgIpc) is 2.73. The first-order chi connectivity index (χ1) is 14.9. The summed E-state index contributed by atoms with van der Waals surface area (Å²) in [7, 11) is 1.23. The van der Waals surface area contributed by atoms with Gasteiger partial charge < -0.3 is 21.5 Å². The van der Waals surface area contributed by atoms with Gasteiger partial charge >= 0.3 is 6.18 Å². The minimum Gasteiger partial charge on any atom is -0.439 e. The van der Waals surface area contributed by atoms with Crippen LogP contribution >= 0.6 is 0 Å². The molecule has 0 radical (unpaired) electrons. The van der Waals surface area contributed by atoms with E-state index in [1.165, 1.54) is 13.1 Å². The van der Waals surface area contributed by atoms with Gasteiger partial charge in [0.2, 0.25) is 5.90 Å². The summed E-state index contributed by atoms with van der Waals surface area (Å²) in [5, 5.41) is 2.94. The van der Waals surface area contributed by atoms with Crippen LogP contribution in [0, 0.1) is 0 Å². The molecule has 0 aliphatic carbocycles. The van der Waals surface area contributed by atoms with E-state index >= 15 is 0 Å². The van der Waals surface area contributed by atoms with Crippen LogP contribution in [0.15, 0.2) is 77.1 Å². The number of nitrogens with zero attached hydrogens (tertiary/aromatic N) is 1. The van der Waals surface area contributed by atoms with Crippen LogP contribution in [0.3, 0.4) is 0 Å². The molecule has 2 aromatic carbocycles. The molecule has 0 amide bonds. The van der Waals surface area contributed by atoms with Crippen molar-refractivity contribution in [3.8, 4) is 5.75 Å². The molecule has 0 aliphatic rings. The first-order valence-electron chi connectivity index (χ1n) is 9.35. The maximum atomic E-state index is 13.5. The van der Waals surface area contributed by atoms with Gasteiger partial charge in [0.05, 0.1) is 16.8 Å². The number of aliphatic imine (C=N–C) groups is 1. The number of alkyl halides is 5. The van der Waals surface area contributed by atoms with Crippen molar-refractivity contribution in [3.63, 3.8) is 0 Å². The topological polar surface area (TPSA) is 85.7 Å². The van der Waals surface area contributed by atoms with Crippen molar-refractivity contribution in [3.05, 3.63) is 83.2 Å². The molecule has 2 rings (SSSR count). The number of hydrogen-bond acceptors (Lipinski definition) is 5. The number of allylic oxidation sites excluding steroid dienone is 1. The summed E-state index contributed by atoms with van der Waals surface area (Å²) in [6.45, 7) is 5.51. The fraction of sp³-hybridized carbons (Fsp3) is 0.227. The minimum atomic E-state index is -4.61. The van der Waals surface area contributed by atoms with E-state index in [9.17, 15) is 22.0 Å². The zero-order valence-electron chi connectivity index (χ0n) is 17.4.